The van der Waals surface area contributed by atoms with E-state index >= 15 is 0 Å². The fraction of sp³-hybridized carbons (Fsp3) is 0.190. The minimum atomic E-state index is -0.470. The van der Waals surface area contributed by atoms with Gasteiger partial charge in [-0.2, -0.15) is 4.99 Å². The summed E-state index contributed by atoms with van der Waals surface area (Å²) in [7, 11) is 1.31. The van der Waals surface area contributed by atoms with E-state index < -0.39 is 11.9 Å². The molecule has 0 atom stereocenters. The molecule has 3 aromatic rings. The Bertz CT molecular complexity index is 1310. The van der Waals surface area contributed by atoms with E-state index in [1.807, 2.05) is 12.1 Å². The summed E-state index contributed by atoms with van der Waals surface area (Å²) in [5.74, 6) is 1.56. The van der Waals surface area contributed by atoms with E-state index in [9.17, 15) is 9.59 Å². The number of hydrogen-bond donors (Lipinski definition) is 0. The Balaban J connectivity index is 1.49. The van der Waals surface area contributed by atoms with E-state index in [1.165, 1.54) is 24.5 Å². The molecule has 10 heteroatoms. The number of nitrogens with zero attached hydrogens (tertiary/aromatic N) is 2. The lowest BCUT2D eigenvalue weighted by Gasteiger charge is -2.04. The highest BCUT2D eigenvalue weighted by Gasteiger charge is 2.19. The first-order valence-electron chi connectivity index (χ1n) is 9.27. The highest BCUT2D eigenvalue weighted by atomic mass is 32.1. The number of rotatable bonds is 4. The van der Waals surface area contributed by atoms with Gasteiger partial charge in [-0.1, -0.05) is 17.4 Å². The van der Waals surface area contributed by atoms with Crippen LogP contribution in [0.2, 0.25) is 0 Å². The molecule has 0 N–H and O–H groups in total. The maximum atomic E-state index is 12.5. The van der Waals surface area contributed by atoms with Crippen molar-refractivity contribution in [3.8, 4) is 23.0 Å². The highest BCUT2D eigenvalue weighted by molar-refractivity contribution is 7.16. The molecule has 0 saturated carbocycles. The molecule has 31 heavy (non-hydrogen) atoms. The van der Waals surface area contributed by atoms with Crippen molar-refractivity contribution in [2.24, 2.45) is 4.99 Å². The number of methoxy groups -OCH3 is 1. The van der Waals surface area contributed by atoms with Crippen molar-refractivity contribution in [1.29, 1.82) is 0 Å². The lowest BCUT2D eigenvalue weighted by molar-refractivity contribution is -0.141. The second-order valence-corrected chi connectivity index (χ2v) is 7.63. The van der Waals surface area contributed by atoms with Gasteiger partial charge in [-0.25, -0.2) is 0 Å². The van der Waals surface area contributed by atoms with Gasteiger partial charge in [0.05, 0.1) is 17.3 Å². The lowest BCUT2D eigenvalue weighted by atomic mass is 10.2. The minimum Gasteiger partial charge on any atom is -0.468 e. The van der Waals surface area contributed by atoms with E-state index in [1.54, 1.807) is 28.8 Å². The van der Waals surface area contributed by atoms with Crippen LogP contribution >= 0.6 is 11.3 Å². The monoisotopic (exact) mass is 440 g/mol. The molecule has 2 aromatic carbocycles. The molecule has 2 aliphatic rings. The molecule has 9 nitrogen and oxygen atoms in total. The average Bonchev–Trinajstić information content (AvgIpc) is 3.49. The average molecular weight is 440 g/mol. The van der Waals surface area contributed by atoms with Crippen molar-refractivity contribution in [2.75, 3.05) is 20.7 Å². The highest BCUT2D eigenvalue weighted by Crippen LogP contribution is 2.37. The third-order valence-electron chi connectivity index (χ3n) is 4.71. The molecule has 5 rings (SSSR count). The van der Waals surface area contributed by atoms with Gasteiger partial charge in [-0.15, -0.1) is 0 Å². The van der Waals surface area contributed by atoms with Crippen LogP contribution in [0.5, 0.6) is 23.0 Å². The number of carbonyl (C=O) groups is 2. The number of aromatic nitrogens is 1. The quantitative estimate of drug-likeness (QED) is 0.454. The van der Waals surface area contributed by atoms with Gasteiger partial charge >= 0.3 is 5.97 Å². The van der Waals surface area contributed by atoms with Gasteiger partial charge in [0.2, 0.25) is 13.6 Å². The Hall–Kier alpha value is -3.79. The Morgan fingerprint density at radius 3 is 2.55 bits per heavy atom. The first kappa shape index (κ1) is 19.2. The Kier molecular flexibility index (Phi) is 4.83. The zero-order valence-electron chi connectivity index (χ0n) is 16.3. The van der Waals surface area contributed by atoms with Crippen LogP contribution in [0.3, 0.4) is 0 Å². The summed E-state index contributed by atoms with van der Waals surface area (Å²) in [4.78, 5) is 29.0. The molecule has 0 radical (unpaired) electrons. The van der Waals surface area contributed by atoms with Crippen LogP contribution in [-0.4, -0.2) is 37.1 Å². The molecule has 0 aliphatic carbocycles. The van der Waals surface area contributed by atoms with E-state index in [0.717, 1.165) is 10.3 Å². The summed E-state index contributed by atoms with van der Waals surface area (Å²) in [6, 6.07) is 8.95. The Labute approximate surface area is 179 Å². The van der Waals surface area contributed by atoms with Gasteiger partial charge < -0.3 is 28.3 Å². The van der Waals surface area contributed by atoms with E-state index in [2.05, 4.69) is 4.99 Å². The van der Waals surface area contributed by atoms with Crippen LogP contribution in [0.25, 0.3) is 16.3 Å². The van der Waals surface area contributed by atoms with Crippen LogP contribution < -0.4 is 23.7 Å². The van der Waals surface area contributed by atoms with Crippen molar-refractivity contribution in [1.82, 2.24) is 4.57 Å². The zero-order chi connectivity index (χ0) is 21.4. The van der Waals surface area contributed by atoms with Gasteiger partial charge in [0.1, 0.15) is 6.54 Å². The standard InChI is InChI=1S/C21H16N2O7S/c1-26-20(25)9-23-13-7-16-17(30-11-29-16)8-18(13)31-21(23)22-19(24)5-3-12-2-4-14-15(6-12)28-10-27-14/h2-8H,9-11H2,1H3/b5-3-,22-21?. The molecule has 0 spiro atoms. The molecule has 2 aliphatic heterocycles. The smallest absolute Gasteiger partial charge is 0.325 e. The lowest BCUT2D eigenvalue weighted by Crippen LogP contribution is -2.22. The van der Waals surface area contributed by atoms with E-state index in [4.69, 9.17) is 23.7 Å². The summed E-state index contributed by atoms with van der Waals surface area (Å²) in [6.45, 7) is 0.237. The number of esters is 1. The molecule has 1 aromatic heterocycles. The summed E-state index contributed by atoms with van der Waals surface area (Å²) >= 11 is 1.27. The molecule has 3 heterocycles. The molecule has 0 fully saturated rings. The first-order chi connectivity index (χ1) is 15.1. The Morgan fingerprint density at radius 1 is 1.06 bits per heavy atom. The second-order valence-electron chi connectivity index (χ2n) is 6.62. The van der Waals surface area contributed by atoms with Gasteiger partial charge in [0, 0.05) is 18.2 Å². The fourth-order valence-corrected chi connectivity index (χ4v) is 4.25. The van der Waals surface area contributed by atoms with Crippen LogP contribution in [0, 0.1) is 0 Å². The van der Waals surface area contributed by atoms with Crippen LogP contribution in [0.15, 0.2) is 41.4 Å². The summed E-state index contributed by atoms with van der Waals surface area (Å²) in [5, 5.41) is 0. The van der Waals surface area contributed by atoms with Crippen molar-refractivity contribution in [2.45, 2.75) is 6.54 Å². The SMILES string of the molecule is COC(=O)Cn1c(=NC(=O)/C=C\c2ccc3c(c2)OCO3)sc2cc3c(cc21)OCO3. The predicted octanol–water partition coefficient (Wildman–Crippen LogP) is 2.47. The van der Waals surface area contributed by atoms with Gasteiger partial charge in [-0.3, -0.25) is 9.59 Å². The third kappa shape index (κ3) is 3.73. The number of thiazole rings is 1. The Morgan fingerprint density at radius 2 is 1.77 bits per heavy atom. The molecule has 0 saturated heterocycles. The molecule has 0 bridgehead atoms. The van der Waals surface area contributed by atoms with Crippen molar-refractivity contribution in [3.05, 3.63) is 46.8 Å². The summed E-state index contributed by atoms with van der Waals surface area (Å²) in [6.07, 6.45) is 3.00. The number of fused-ring (bicyclic) bond motifs is 3. The number of ether oxygens (including phenoxy) is 5. The van der Waals surface area contributed by atoms with E-state index in [0.29, 0.717) is 33.3 Å². The van der Waals surface area contributed by atoms with Crippen LogP contribution in [-0.2, 0) is 20.9 Å². The van der Waals surface area contributed by atoms with Gasteiger partial charge in [0.15, 0.2) is 27.8 Å². The first-order valence-corrected chi connectivity index (χ1v) is 10.1. The number of carbonyl (C=O) groups excluding carboxylic acids is 2. The molecule has 0 unspecified atom stereocenters. The fourth-order valence-electron chi connectivity index (χ4n) is 3.21. The van der Waals surface area contributed by atoms with Crippen LogP contribution in [0.1, 0.15) is 5.56 Å². The van der Waals surface area contributed by atoms with Crippen molar-refractivity contribution >= 4 is 39.5 Å². The normalized spacial score (nSPS) is 14.5. The number of benzene rings is 2. The zero-order valence-corrected chi connectivity index (χ0v) is 17.1. The van der Waals surface area contributed by atoms with Crippen LogP contribution in [0.4, 0.5) is 0 Å². The minimum absolute atomic E-state index is 0.0892. The largest absolute Gasteiger partial charge is 0.468 e. The topological polar surface area (TPSA) is 97.6 Å². The van der Waals surface area contributed by atoms with Crippen molar-refractivity contribution in [3.63, 3.8) is 0 Å². The van der Waals surface area contributed by atoms with E-state index in [-0.39, 0.29) is 20.1 Å². The maximum absolute atomic E-state index is 12.5. The molecule has 158 valence electrons. The van der Waals surface area contributed by atoms with Crippen molar-refractivity contribution < 1.29 is 33.3 Å². The molecular weight excluding hydrogens is 424 g/mol. The molecule has 1 amide bonds. The van der Waals surface area contributed by atoms with Gasteiger partial charge in [0.25, 0.3) is 5.91 Å². The predicted molar refractivity (Wildman–Crippen MR) is 110 cm³/mol. The number of amides is 1. The summed E-state index contributed by atoms with van der Waals surface area (Å²) < 4.78 is 28.7. The number of hydrogen-bond acceptors (Lipinski definition) is 8. The third-order valence-corrected chi connectivity index (χ3v) is 5.75. The maximum Gasteiger partial charge on any atom is 0.325 e. The molecular formula is C21H16N2O7S. The van der Waals surface area contributed by atoms with Gasteiger partial charge in [-0.05, 0) is 23.8 Å². The summed E-state index contributed by atoms with van der Waals surface area (Å²) in [5.41, 5.74) is 1.48. The second kappa shape index (κ2) is 7.80.